The first-order chi connectivity index (χ1) is 12.7. The second kappa shape index (κ2) is 7.00. The van der Waals surface area contributed by atoms with Gasteiger partial charge in [0.25, 0.3) is 0 Å². The van der Waals surface area contributed by atoms with Crippen molar-refractivity contribution in [2.24, 2.45) is 41.2 Å². The Morgan fingerprint density at radius 1 is 0.808 bits per heavy atom. The van der Waals surface area contributed by atoms with E-state index in [9.17, 15) is 4.79 Å². The Kier molecular flexibility index (Phi) is 4.67. The van der Waals surface area contributed by atoms with Gasteiger partial charge < -0.3 is 15.4 Å². The van der Waals surface area contributed by atoms with Crippen molar-refractivity contribution < 1.29 is 9.53 Å². The van der Waals surface area contributed by atoms with Gasteiger partial charge in [-0.3, -0.25) is 0 Å². The first-order valence-corrected chi connectivity index (χ1v) is 11.4. The Labute approximate surface area is 158 Å². The molecule has 4 nitrogen and oxygen atoms in total. The van der Waals surface area contributed by atoms with E-state index in [2.05, 4.69) is 0 Å². The van der Waals surface area contributed by atoms with Crippen LogP contribution in [0.4, 0.5) is 4.79 Å². The van der Waals surface area contributed by atoms with Crippen LogP contribution in [0.5, 0.6) is 0 Å². The zero-order valence-electron chi connectivity index (χ0n) is 16.2. The third-order valence-electron chi connectivity index (χ3n) is 8.85. The maximum Gasteiger partial charge on any atom is 0.410 e. The topological polar surface area (TPSA) is 55.6 Å². The zero-order valence-corrected chi connectivity index (χ0v) is 16.2. The average Bonchev–Trinajstić information content (AvgIpc) is 3.29. The molecule has 1 aliphatic heterocycles. The highest BCUT2D eigenvalue weighted by Crippen LogP contribution is 2.58. The predicted molar refractivity (Wildman–Crippen MR) is 102 cm³/mol. The molecule has 0 radical (unpaired) electrons. The van der Waals surface area contributed by atoms with E-state index in [0.29, 0.717) is 6.54 Å². The largest absolute Gasteiger partial charge is 0.446 e. The molecule has 0 aromatic heterocycles. The van der Waals surface area contributed by atoms with Crippen LogP contribution >= 0.6 is 0 Å². The number of rotatable bonds is 1. The fourth-order valence-electron chi connectivity index (χ4n) is 7.71. The van der Waals surface area contributed by atoms with Crippen molar-refractivity contribution in [2.45, 2.75) is 82.8 Å². The van der Waals surface area contributed by atoms with E-state index in [1.54, 1.807) is 0 Å². The number of carbonyl (C=O) groups is 1. The second-order valence-corrected chi connectivity index (χ2v) is 10.1. The molecule has 0 aromatic carbocycles. The van der Waals surface area contributed by atoms with Crippen LogP contribution in [0.3, 0.4) is 0 Å². The summed E-state index contributed by atoms with van der Waals surface area (Å²) in [5.74, 6) is 5.87. The van der Waals surface area contributed by atoms with Crippen LogP contribution < -0.4 is 5.73 Å². The van der Waals surface area contributed by atoms with Crippen molar-refractivity contribution in [1.29, 1.82) is 0 Å². The van der Waals surface area contributed by atoms with Crippen LogP contribution in [0.2, 0.25) is 0 Å². The van der Waals surface area contributed by atoms with Gasteiger partial charge in [0.1, 0.15) is 6.10 Å². The van der Waals surface area contributed by atoms with Crippen LogP contribution in [-0.2, 0) is 4.74 Å². The Balaban J connectivity index is 1.18. The number of carbonyl (C=O) groups excluding carboxylic acids is 1. The Morgan fingerprint density at radius 3 is 2.31 bits per heavy atom. The maximum atomic E-state index is 12.4. The highest BCUT2D eigenvalue weighted by Gasteiger charge is 2.49. The van der Waals surface area contributed by atoms with Crippen molar-refractivity contribution in [2.75, 3.05) is 13.1 Å². The molecule has 1 heterocycles. The minimum absolute atomic E-state index is 0.110. The molecule has 4 saturated carbocycles. The van der Waals surface area contributed by atoms with Gasteiger partial charge in [0.2, 0.25) is 0 Å². The lowest BCUT2D eigenvalue weighted by Crippen LogP contribution is -2.46. The van der Waals surface area contributed by atoms with Crippen LogP contribution in [0.15, 0.2) is 0 Å². The molecule has 26 heavy (non-hydrogen) atoms. The van der Waals surface area contributed by atoms with Crippen LogP contribution in [-0.4, -0.2) is 36.2 Å². The number of hydrogen-bond donors (Lipinski definition) is 1. The summed E-state index contributed by atoms with van der Waals surface area (Å²) in [6.45, 7) is 1.44. The molecule has 5 fully saturated rings. The van der Waals surface area contributed by atoms with E-state index in [1.807, 2.05) is 4.90 Å². The highest BCUT2D eigenvalue weighted by atomic mass is 16.6. The molecule has 4 aliphatic carbocycles. The van der Waals surface area contributed by atoms with Crippen molar-refractivity contribution in [3.8, 4) is 0 Å². The fraction of sp³-hybridized carbons (Fsp3) is 0.955. The summed E-state index contributed by atoms with van der Waals surface area (Å²) >= 11 is 0. The molecule has 8 atom stereocenters. The Bertz CT molecular complexity index is 538. The van der Waals surface area contributed by atoms with Gasteiger partial charge in [0.15, 0.2) is 0 Å². The number of likely N-dealkylation sites (tertiary alicyclic amines) is 1. The molecule has 1 saturated heterocycles. The lowest BCUT2D eigenvalue weighted by Gasteiger charge is -2.52. The van der Waals surface area contributed by atoms with Gasteiger partial charge in [-0.05, 0) is 93.3 Å². The van der Waals surface area contributed by atoms with Gasteiger partial charge in [-0.2, -0.15) is 0 Å². The summed E-state index contributed by atoms with van der Waals surface area (Å²) in [7, 11) is 0. The lowest BCUT2D eigenvalue weighted by atomic mass is 9.53. The van der Waals surface area contributed by atoms with E-state index in [1.165, 1.54) is 51.4 Å². The molecule has 0 spiro atoms. The second-order valence-electron chi connectivity index (χ2n) is 10.1. The van der Waals surface area contributed by atoms with Gasteiger partial charge in [-0.1, -0.05) is 12.8 Å². The van der Waals surface area contributed by atoms with Crippen molar-refractivity contribution in [3.05, 3.63) is 0 Å². The fourth-order valence-corrected chi connectivity index (χ4v) is 7.71. The molecule has 4 heteroatoms. The Morgan fingerprint density at radius 2 is 1.54 bits per heavy atom. The summed E-state index contributed by atoms with van der Waals surface area (Å²) in [5, 5.41) is 0. The van der Waals surface area contributed by atoms with Crippen molar-refractivity contribution in [1.82, 2.24) is 4.90 Å². The third-order valence-corrected chi connectivity index (χ3v) is 8.85. The highest BCUT2D eigenvalue weighted by molar-refractivity contribution is 5.68. The standard InChI is InChI=1S/C22H36N2O2/c23-16-10-11-24(13-16)22(25)26-17-6-9-19-15(12-17)5-8-20-18-3-1-2-14(18)4-7-21(19)20/h14-21H,1-13,23H2. The molecule has 146 valence electrons. The van der Waals surface area contributed by atoms with Gasteiger partial charge in [0.05, 0.1) is 0 Å². The predicted octanol–water partition coefficient (Wildman–Crippen LogP) is 4.18. The molecule has 1 amide bonds. The smallest absolute Gasteiger partial charge is 0.410 e. The summed E-state index contributed by atoms with van der Waals surface area (Å²) < 4.78 is 5.91. The van der Waals surface area contributed by atoms with Crippen molar-refractivity contribution >= 4 is 6.09 Å². The molecule has 5 rings (SSSR count). The number of hydrogen-bond acceptors (Lipinski definition) is 3. The normalized spacial score (nSPS) is 47.8. The van der Waals surface area contributed by atoms with Gasteiger partial charge in [0, 0.05) is 19.1 Å². The molecule has 0 aromatic rings. The number of amides is 1. The summed E-state index contributed by atoms with van der Waals surface area (Å²) in [4.78, 5) is 14.2. The molecule has 0 bridgehead atoms. The third kappa shape index (κ3) is 3.06. The quantitative estimate of drug-likeness (QED) is 0.763. The number of ether oxygens (including phenoxy) is 1. The maximum absolute atomic E-state index is 12.4. The van der Waals surface area contributed by atoms with Crippen LogP contribution in [0.1, 0.15) is 70.6 Å². The molecular formula is C22H36N2O2. The zero-order chi connectivity index (χ0) is 17.7. The summed E-state index contributed by atoms with van der Waals surface area (Å²) in [6, 6.07) is 0.138. The first-order valence-electron chi connectivity index (χ1n) is 11.4. The van der Waals surface area contributed by atoms with Gasteiger partial charge in [-0.15, -0.1) is 0 Å². The van der Waals surface area contributed by atoms with E-state index in [-0.39, 0.29) is 18.2 Å². The monoisotopic (exact) mass is 360 g/mol. The summed E-state index contributed by atoms with van der Waals surface area (Å²) in [5.41, 5.74) is 5.93. The SMILES string of the molecule is NC1CCN(C(=O)OC2CCC3C(CCC4C5CCCC5CCC34)C2)C1. The van der Waals surface area contributed by atoms with Crippen LogP contribution in [0, 0.1) is 35.5 Å². The van der Waals surface area contributed by atoms with E-state index >= 15 is 0 Å². The molecule has 2 N–H and O–H groups in total. The first kappa shape index (κ1) is 17.3. The number of fused-ring (bicyclic) bond motifs is 5. The van der Waals surface area contributed by atoms with E-state index in [0.717, 1.165) is 61.3 Å². The molecule has 8 unspecified atom stereocenters. The number of nitrogens with two attached hydrogens (primary N) is 1. The molecule has 5 aliphatic rings. The minimum atomic E-state index is -0.110. The average molecular weight is 361 g/mol. The van der Waals surface area contributed by atoms with Crippen LogP contribution in [0.25, 0.3) is 0 Å². The summed E-state index contributed by atoms with van der Waals surface area (Å²) in [6.07, 6.45) is 14.8. The van der Waals surface area contributed by atoms with Crippen molar-refractivity contribution in [3.63, 3.8) is 0 Å². The van der Waals surface area contributed by atoms with Gasteiger partial charge >= 0.3 is 6.09 Å². The number of nitrogens with zero attached hydrogens (tertiary/aromatic N) is 1. The van der Waals surface area contributed by atoms with Gasteiger partial charge in [-0.25, -0.2) is 4.79 Å². The lowest BCUT2D eigenvalue weighted by molar-refractivity contribution is -0.0521. The minimum Gasteiger partial charge on any atom is -0.446 e. The van der Waals surface area contributed by atoms with E-state index in [4.69, 9.17) is 10.5 Å². The molecular weight excluding hydrogens is 324 g/mol. The Hall–Kier alpha value is -0.770. The van der Waals surface area contributed by atoms with E-state index < -0.39 is 0 Å².